The maximum atomic E-state index is 12.4. The van der Waals surface area contributed by atoms with Crippen molar-refractivity contribution in [2.24, 2.45) is 0 Å². The van der Waals surface area contributed by atoms with Crippen LogP contribution >= 0.6 is 35.1 Å². The second-order valence-corrected chi connectivity index (χ2v) is 9.67. The van der Waals surface area contributed by atoms with Gasteiger partial charge in [0.25, 0.3) is 5.91 Å². The Morgan fingerprint density at radius 2 is 1.89 bits per heavy atom. The average Bonchev–Trinajstić information content (AvgIpc) is 3.26. The Morgan fingerprint density at radius 1 is 1.11 bits per heavy atom. The lowest BCUT2D eigenvalue weighted by atomic mass is 10.2. The molecule has 11 heteroatoms. The van der Waals surface area contributed by atoms with Gasteiger partial charge in [-0.3, -0.25) is 9.59 Å². The van der Waals surface area contributed by atoms with E-state index in [0.29, 0.717) is 40.3 Å². The van der Waals surface area contributed by atoms with Crippen molar-refractivity contribution >= 4 is 63.6 Å². The van der Waals surface area contributed by atoms with Crippen molar-refractivity contribution in [3.8, 4) is 5.82 Å². The highest BCUT2D eigenvalue weighted by Gasteiger charge is 2.16. The summed E-state index contributed by atoms with van der Waals surface area (Å²) in [5.41, 5.74) is 2.04. The fourth-order valence-corrected chi connectivity index (χ4v) is 5.22. The highest BCUT2D eigenvalue weighted by atomic mass is 35.5. The van der Waals surface area contributed by atoms with Gasteiger partial charge in [0.15, 0.2) is 0 Å². The number of anilines is 1. The van der Waals surface area contributed by atoms with Crippen LogP contribution in [0.1, 0.15) is 10.4 Å². The molecule has 1 amide bonds. The van der Waals surface area contributed by atoms with E-state index in [1.54, 1.807) is 47.9 Å². The van der Waals surface area contributed by atoms with Crippen LogP contribution < -0.4 is 9.62 Å². The molecule has 2 aromatic carbocycles. The molecule has 0 saturated heterocycles. The summed E-state index contributed by atoms with van der Waals surface area (Å²) in [5.74, 6) is -0.600. The molecule has 2 heterocycles. The Bertz CT molecular complexity index is 1390. The molecule has 8 nitrogen and oxygen atoms in total. The van der Waals surface area contributed by atoms with Gasteiger partial charge in [0, 0.05) is 57.6 Å². The van der Waals surface area contributed by atoms with Crippen LogP contribution in [0.2, 0.25) is 10.0 Å². The largest absolute Gasteiger partial charge is 0.480 e. The first-order chi connectivity index (χ1) is 17.3. The van der Waals surface area contributed by atoms with Gasteiger partial charge in [-0.25, -0.2) is 4.98 Å². The Morgan fingerprint density at radius 3 is 2.61 bits per heavy atom. The maximum absolute atomic E-state index is 12.4. The highest BCUT2D eigenvalue weighted by Crippen LogP contribution is 2.34. The summed E-state index contributed by atoms with van der Waals surface area (Å²) >= 11 is 13.5. The number of amides is 1. The molecular formula is C25H22Cl2N4O4S. The average molecular weight is 545 g/mol. The van der Waals surface area contributed by atoms with Crippen LogP contribution in [0.15, 0.2) is 71.9 Å². The fraction of sp³-hybridized carbons (Fsp3) is 0.160. The van der Waals surface area contributed by atoms with Crippen molar-refractivity contribution in [3.63, 3.8) is 0 Å². The fourth-order valence-electron chi connectivity index (χ4n) is 3.55. The molecule has 0 saturated carbocycles. The number of aromatic nitrogens is 2. The second-order valence-electron chi connectivity index (χ2n) is 7.71. The molecule has 0 fully saturated rings. The van der Waals surface area contributed by atoms with E-state index in [9.17, 15) is 14.7 Å². The van der Waals surface area contributed by atoms with Gasteiger partial charge < -0.3 is 24.0 Å². The van der Waals surface area contributed by atoms with Crippen molar-refractivity contribution in [1.29, 1.82) is 0 Å². The Labute approximate surface area is 221 Å². The van der Waals surface area contributed by atoms with Gasteiger partial charge in [-0.05, 0) is 66.5 Å². The SMILES string of the molecule is COCCNC(=O)c1ccnc(-n2ccc3cc(N(CC(=O)O)Sc4cc(Cl)cc(Cl)c4)ccc32)c1. The van der Waals surface area contributed by atoms with E-state index in [-0.39, 0.29) is 12.5 Å². The molecule has 0 bridgehead atoms. The van der Waals surface area contributed by atoms with Gasteiger partial charge in [-0.2, -0.15) is 0 Å². The van der Waals surface area contributed by atoms with Crippen molar-refractivity contribution in [2.45, 2.75) is 4.90 Å². The number of carboxylic acids is 1. The highest BCUT2D eigenvalue weighted by molar-refractivity contribution is 8.00. The lowest BCUT2D eigenvalue weighted by molar-refractivity contribution is -0.135. The Hall–Kier alpha value is -3.24. The van der Waals surface area contributed by atoms with Gasteiger partial charge in [0.1, 0.15) is 12.4 Å². The van der Waals surface area contributed by atoms with Crippen LogP contribution in [-0.2, 0) is 9.53 Å². The Balaban J connectivity index is 1.62. The van der Waals surface area contributed by atoms with E-state index in [2.05, 4.69) is 10.3 Å². The van der Waals surface area contributed by atoms with Crippen LogP contribution in [-0.4, -0.2) is 53.3 Å². The van der Waals surface area contributed by atoms with Crippen molar-refractivity contribution in [1.82, 2.24) is 14.9 Å². The number of pyridine rings is 1. The number of carbonyl (C=O) groups excluding carboxylic acids is 1. The first kappa shape index (κ1) is 25.8. The number of methoxy groups -OCH3 is 1. The minimum Gasteiger partial charge on any atom is -0.480 e. The molecule has 36 heavy (non-hydrogen) atoms. The van der Waals surface area contributed by atoms with Crippen LogP contribution in [0, 0.1) is 0 Å². The van der Waals surface area contributed by atoms with Crippen LogP contribution in [0.4, 0.5) is 5.69 Å². The zero-order valence-electron chi connectivity index (χ0n) is 19.1. The predicted octanol–water partition coefficient (Wildman–Crippen LogP) is 5.31. The van der Waals surface area contributed by atoms with E-state index in [0.717, 1.165) is 15.8 Å². The van der Waals surface area contributed by atoms with Crippen LogP contribution in [0.5, 0.6) is 0 Å². The maximum Gasteiger partial charge on any atom is 0.324 e. The monoisotopic (exact) mass is 544 g/mol. The smallest absolute Gasteiger partial charge is 0.324 e. The van der Waals surface area contributed by atoms with Crippen LogP contribution in [0.3, 0.4) is 0 Å². The zero-order valence-corrected chi connectivity index (χ0v) is 21.5. The van der Waals surface area contributed by atoms with Crippen molar-refractivity contribution in [2.75, 3.05) is 31.1 Å². The van der Waals surface area contributed by atoms with Gasteiger partial charge in [-0.15, -0.1) is 0 Å². The van der Waals surface area contributed by atoms with Gasteiger partial charge in [0.2, 0.25) is 0 Å². The normalized spacial score (nSPS) is 11.0. The molecule has 4 rings (SSSR count). The number of carbonyl (C=O) groups is 2. The number of benzene rings is 2. The zero-order chi connectivity index (χ0) is 25.7. The summed E-state index contributed by atoms with van der Waals surface area (Å²) in [4.78, 5) is 29.1. The summed E-state index contributed by atoms with van der Waals surface area (Å²) in [7, 11) is 1.58. The summed E-state index contributed by atoms with van der Waals surface area (Å²) in [5, 5.41) is 14.1. The molecule has 0 radical (unpaired) electrons. The van der Waals surface area contributed by atoms with Crippen molar-refractivity contribution < 1.29 is 19.4 Å². The van der Waals surface area contributed by atoms with E-state index < -0.39 is 5.97 Å². The second kappa shape index (κ2) is 11.7. The van der Waals surface area contributed by atoms with E-state index in [4.69, 9.17) is 27.9 Å². The summed E-state index contributed by atoms with van der Waals surface area (Å²) in [6, 6.07) is 16.0. The summed E-state index contributed by atoms with van der Waals surface area (Å²) in [6.45, 7) is 0.604. The number of nitrogens with zero attached hydrogens (tertiary/aromatic N) is 3. The van der Waals surface area contributed by atoms with E-state index in [1.807, 2.05) is 35.0 Å². The summed E-state index contributed by atoms with van der Waals surface area (Å²) in [6.07, 6.45) is 3.44. The van der Waals surface area contributed by atoms with Gasteiger partial charge in [0.05, 0.1) is 12.1 Å². The molecule has 4 aromatic rings. The number of hydrogen-bond donors (Lipinski definition) is 2. The predicted molar refractivity (Wildman–Crippen MR) is 143 cm³/mol. The van der Waals surface area contributed by atoms with E-state index >= 15 is 0 Å². The number of ether oxygens (including phenoxy) is 1. The topological polar surface area (TPSA) is 96.7 Å². The molecular weight excluding hydrogens is 523 g/mol. The first-order valence-electron chi connectivity index (χ1n) is 10.8. The minimum atomic E-state index is -0.974. The number of rotatable bonds is 10. The number of halogens is 2. The third-order valence-corrected chi connectivity index (χ3v) is 6.58. The standard InChI is InChI=1S/C25H22Cl2N4O4S/c1-35-9-7-29-25(34)17-4-6-28-23(11-17)30-8-5-16-10-20(2-3-22(16)30)31(15-24(32)33)36-21-13-18(26)12-19(27)14-21/h2-6,8,10-14H,7,9,15H2,1H3,(H,29,34)(H,32,33). The number of hydrogen-bond acceptors (Lipinski definition) is 6. The van der Waals surface area contributed by atoms with Gasteiger partial charge >= 0.3 is 5.97 Å². The number of nitrogens with one attached hydrogen (secondary N) is 1. The quantitative estimate of drug-likeness (QED) is 0.206. The molecule has 0 spiro atoms. The molecule has 0 aliphatic carbocycles. The summed E-state index contributed by atoms with van der Waals surface area (Å²) < 4.78 is 8.50. The van der Waals surface area contributed by atoms with E-state index in [1.165, 1.54) is 11.9 Å². The third kappa shape index (κ3) is 6.30. The minimum absolute atomic E-state index is 0.211. The molecule has 0 aliphatic rings. The Kier molecular flexibility index (Phi) is 8.37. The molecule has 0 unspecified atom stereocenters. The third-order valence-electron chi connectivity index (χ3n) is 5.14. The molecule has 0 atom stereocenters. The first-order valence-corrected chi connectivity index (χ1v) is 12.3. The lowest BCUT2D eigenvalue weighted by Gasteiger charge is -2.22. The number of carboxylic acid groups (broad SMARTS) is 1. The molecule has 2 N–H and O–H groups in total. The molecule has 0 aliphatic heterocycles. The van der Waals surface area contributed by atoms with Crippen LogP contribution in [0.25, 0.3) is 16.7 Å². The molecule has 2 aromatic heterocycles. The lowest BCUT2D eigenvalue weighted by Crippen LogP contribution is -2.27. The molecule has 186 valence electrons. The number of fused-ring (bicyclic) bond motifs is 1. The van der Waals surface area contributed by atoms with Crippen molar-refractivity contribution in [3.05, 3.63) is 82.6 Å². The number of aliphatic carboxylic acids is 1. The van der Waals surface area contributed by atoms with Gasteiger partial charge in [-0.1, -0.05) is 23.2 Å².